The quantitative estimate of drug-likeness (QED) is 0.324. The maximum Gasteiger partial charge on any atom is 0.191 e. The van der Waals surface area contributed by atoms with Gasteiger partial charge in [0.2, 0.25) is 0 Å². The van der Waals surface area contributed by atoms with E-state index in [2.05, 4.69) is 26.0 Å². The van der Waals surface area contributed by atoms with E-state index >= 15 is 0 Å². The Morgan fingerprint density at radius 1 is 1.26 bits per heavy atom. The number of benzene rings is 1. The number of guanidine groups is 1. The molecule has 0 aliphatic carbocycles. The SMILES string of the molecule is CCN(CC)c1ccc(CNC(=NC)NCCc2csc(C)n2)cc1F.I. The molecule has 0 amide bonds. The molecule has 0 aliphatic heterocycles. The second-order valence-corrected chi connectivity index (χ2v) is 6.98. The minimum absolute atomic E-state index is 0. The number of rotatable bonds is 8. The lowest BCUT2D eigenvalue weighted by atomic mass is 10.2. The van der Waals surface area contributed by atoms with Crippen LogP contribution >= 0.6 is 35.3 Å². The minimum atomic E-state index is -0.185. The summed E-state index contributed by atoms with van der Waals surface area (Å²) in [4.78, 5) is 10.7. The van der Waals surface area contributed by atoms with Crippen LogP contribution in [0.2, 0.25) is 0 Å². The Labute approximate surface area is 182 Å². The Morgan fingerprint density at radius 2 is 2.00 bits per heavy atom. The second kappa shape index (κ2) is 12.1. The van der Waals surface area contributed by atoms with E-state index in [1.807, 2.05) is 37.8 Å². The number of thiazole rings is 1. The van der Waals surface area contributed by atoms with Gasteiger partial charge < -0.3 is 15.5 Å². The summed E-state index contributed by atoms with van der Waals surface area (Å²) in [5, 5.41) is 9.64. The highest BCUT2D eigenvalue weighted by atomic mass is 127. The highest BCUT2D eigenvalue weighted by Gasteiger charge is 2.09. The average molecular weight is 505 g/mol. The molecule has 0 fully saturated rings. The molecular weight excluding hydrogens is 476 g/mol. The molecule has 0 unspecified atom stereocenters. The third kappa shape index (κ3) is 7.25. The third-order valence-electron chi connectivity index (χ3n) is 4.14. The van der Waals surface area contributed by atoms with Crippen LogP contribution in [0.4, 0.5) is 10.1 Å². The summed E-state index contributed by atoms with van der Waals surface area (Å²) in [6, 6.07) is 5.39. The van der Waals surface area contributed by atoms with Crippen molar-refractivity contribution in [2.24, 2.45) is 4.99 Å². The summed E-state index contributed by atoms with van der Waals surface area (Å²) in [5.41, 5.74) is 2.63. The molecule has 2 rings (SSSR count). The van der Waals surface area contributed by atoms with Gasteiger partial charge in [-0.25, -0.2) is 9.37 Å². The summed E-state index contributed by atoms with van der Waals surface area (Å²) < 4.78 is 14.4. The van der Waals surface area contributed by atoms with Crippen molar-refractivity contribution >= 4 is 47.0 Å². The van der Waals surface area contributed by atoms with Crippen LogP contribution in [-0.2, 0) is 13.0 Å². The van der Waals surface area contributed by atoms with Crippen molar-refractivity contribution in [3.8, 4) is 0 Å². The molecule has 1 aromatic carbocycles. The van der Waals surface area contributed by atoms with Crippen LogP contribution in [0.1, 0.15) is 30.1 Å². The lowest BCUT2D eigenvalue weighted by Crippen LogP contribution is -2.37. The first-order valence-electron chi connectivity index (χ1n) is 8.96. The van der Waals surface area contributed by atoms with E-state index in [1.54, 1.807) is 24.5 Å². The molecule has 1 heterocycles. The van der Waals surface area contributed by atoms with Gasteiger partial charge in [-0.3, -0.25) is 4.99 Å². The van der Waals surface area contributed by atoms with Crippen molar-refractivity contribution in [1.82, 2.24) is 15.6 Å². The largest absolute Gasteiger partial charge is 0.370 e. The van der Waals surface area contributed by atoms with Gasteiger partial charge in [-0.2, -0.15) is 0 Å². The fourth-order valence-corrected chi connectivity index (χ4v) is 3.37. The molecule has 0 atom stereocenters. The van der Waals surface area contributed by atoms with Crippen LogP contribution in [0.15, 0.2) is 28.6 Å². The Morgan fingerprint density at radius 3 is 2.56 bits per heavy atom. The highest BCUT2D eigenvalue weighted by Crippen LogP contribution is 2.20. The van der Waals surface area contributed by atoms with E-state index in [-0.39, 0.29) is 29.8 Å². The van der Waals surface area contributed by atoms with Crippen molar-refractivity contribution < 1.29 is 4.39 Å². The standard InChI is InChI=1S/C19H28FN5S.HI/c1-5-25(6-2)18-8-7-15(11-17(18)20)12-23-19(21-4)22-10-9-16-13-26-14(3)24-16;/h7-8,11,13H,5-6,9-10,12H2,1-4H3,(H2,21,22,23);1H. The van der Waals surface area contributed by atoms with E-state index in [0.717, 1.165) is 42.3 Å². The number of halogens is 2. The maximum absolute atomic E-state index is 14.4. The van der Waals surface area contributed by atoms with Crippen LogP contribution in [-0.4, -0.2) is 37.6 Å². The van der Waals surface area contributed by atoms with Gasteiger partial charge in [0.05, 0.1) is 16.4 Å². The molecule has 2 aromatic rings. The van der Waals surface area contributed by atoms with Crippen LogP contribution in [0, 0.1) is 12.7 Å². The van der Waals surface area contributed by atoms with Crippen LogP contribution in [0.5, 0.6) is 0 Å². The smallest absolute Gasteiger partial charge is 0.191 e. The monoisotopic (exact) mass is 505 g/mol. The molecule has 0 saturated heterocycles. The van der Waals surface area contributed by atoms with Crippen molar-refractivity contribution in [2.45, 2.75) is 33.7 Å². The average Bonchev–Trinajstić information content (AvgIpc) is 3.05. The topological polar surface area (TPSA) is 52.5 Å². The summed E-state index contributed by atoms with van der Waals surface area (Å²) in [7, 11) is 1.73. The van der Waals surface area contributed by atoms with Crippen LogP contribution in [0.25, 0.3) is 0 Å². The van der Waals surface area contributed by atoms with E-state index in [1.165, 1.54) is 0 Å². The minimum Gasteiger partial charge on any atom is -0.370 e. The molecule has 2 N–H and O–H groups in total. The Balaban J connectivity index is 0.00000364. The number of nitrogens with zero attached hydrogens (tertiary/aromatic N) is 3. The first-order valence-corrected chi connectivity index (χ1v) is 9.84. The summed E-state index contributed by atoms with van der Waals surface area (Å²) in [5.74, 6) is 0.514. The Bertz CT molecular complexity index is 731. The lowest BCUT2D eigenvalue weighted by Gasteiger charge is -2.22. The summed E-state index contributed by atoms with van der Waals surface area (Å²) in [6.07, 6.45) is 0.845. The van der Waals surface area contributed by atoms with Crippen LogP contribution < -0.4 is 15.5 Å². The number of aliphatic imine (C=N–C) groups is 1. The second-order valence-electron chi connectivity index (χ2n) is 5.92. The molecule has 8 heteroatoms. The number of hydrogen-bond donors (Lipinski definition) is 2. The van der Waals surface area contributed by atoms with Crippen molar-refractivity contribution in [1.29, 1.82) is 0 Å². The van der Waals surface area contributed by atoms with Crippen LogP contribution in [0.3, 0.4) is 0 Å². The normalized spacial score (nSPS) is 11.1. The van der Waals surface area contributed by atoms with Gasteiger partial charge in [-0.05, 0) is 38.5 Å². The summed E-state index contributed by atoms with van der Waals surface area (Å²) in [6.45, 7) is 8.91. The van der Waals surface area contributed by atoms with E-state index in [0.29, 0.717) is 18.2 Å². The van der Waals surface area contributed by atoms with Gasteiger partial charge >= 0.3 is 0 Å². The fraction of sp³-hybridized carbons (Fsp3) is 0.474. The molecule has 150 valence electrons. The first kappa shape index (κ1) is 23.6. The maximum atomic E-state index is 14.4. The predicted octanol–water partition coefficient (Wildman–Crippen LogP) is 3.96. The highest BCUT2D eigenvalue weighted by molar-refractivity contribution is 14.0. The van der Waals surface area contributed by atoms with Gasteiger partial charge in [-0.1, -0.05) is 6.07 Å². The lowest BCUT2D eigenvalue weighted by molar-refractivity contribution is 0.617. The van der Waals surface area contributed by atoms with E-state index < -0.39 is 0 Å². The van der Waals surface area contributed by atoms with Gasteiger partial charge in [-0.15, -0.1) is 35.3 Å². The molecule has 5 nitrogen and oxygen atoms in total. The van der Waals surface area contributed by atoms with Gasteiger partial charge in [0, 0.05) is 45.0 Å². The molecule has 0 radical (unpaired) electrons. The molecule has 0 saturated carbocycles. The zero-order valence-electron chi connectivity index (χ0n) is 16.4. The molecular formula is C19H29FIN5S. The van der Waals surface area contributed by atoms with E-state index in [9.17, 15) is 4.39 Å². The number of hydrogen-bond acceptors (Lipinski definition) is 4. The molecule has 1 aromatic heterocycles. The van der Waals surface area contributed by atoms with Crippen molar-refractivity contribution in [2.75, 3.05) is 31.6 Å². The number of nitrogens with one attached hydrogen (secondary N) is 2. The molecule has 0 aliphatic rings. The van der Waals surface area contributed by atoms with Gasteiger partial charge in [0.15, 0.2) is 5.96 Å². The molecule has 27 heavy (non-hydrogen) atoms. The first-order chi connectivity index (χ1) is 12.6. The molecule has 0 spiro atoms. The fourth-order valence-electron chi connectivity index (χ4n) is 2.72. The van der Waals surface area contributed by atoms with Crippen molar-refractivity contribution in [3.05, 3.63) is 45.7 Å². The summed E-state index contributed by atoms with van der Waals surface area (Å²) >= 11 is 1.66. The van der Waals surface area contributed by atoms with Gasteiger partial charge in [0.1, 0.15) is 5.82 Å². The number of aryl methyl sites for hydroxylation is 1. The van der Waals surface area contributed by atoms with Crippen molar-refractivity contribution in [3.63, 3.8) is 0 Å². The molecule has 0 bridgehead atoms. The number of anilines is 1. The Kier molecular flexibility index (Phi) is 10.6. The third-order valence-corrected chi connectivity index (χ3v) is 4.96. The van der Waals surface area contributed by atoms with Gasteiger partial charge in [0.25, 0.3) is 0 Å². The predicted molar refractivity (Wildman–Crippen MR) is 124 cm³/mol. The number of aromatic nitrogens is 1. The Hall–Kier alpha value is -1.42. The zero-order valence-corrected chi connectivity index (χ0v) is 19.5. The van der Waals surface area contributed by atoms with E-state index in [4.69, 9.17) is 0 Å². The zero-order chi connectivity index (χ0) is 18.9.